The normalized spacial score (nSPS) is 21.9. The molecular weight excluding hydrogens is 287 g/mol. The van der Waals surface area contributed by atoms with Crippen molar-refractivity contribution >= 4 is 18.1 Å². The lowest BCUT2D eigenvalue weighted by Crippen LogP contribution is -2.34. The molecule has 0 bridgehead atoms. The van der Waals surface area contributed by atoms with E-state index in [-0.39, 0.29) is 29.9 Å². The van der Waals surface area contributed by atoms with Gasteiger partial charge in [-0.25, -0.2) is 4.39 Å². The third-order valence-corrected chi connectivity index (χ3v) is 3.49. The van der Waals surface area contributed by atoms with E-state index in [1.54, 1.807) is 0 Å². The Kier molecular flexibility index (Phi) is 6.16. The summed E-state index contributed by atoms with van der Waals surface area (Å²) in [4.78, 5) is 10.3. The lowest BCUT2D eigenvalue weighted by atomic mass is 9.93. The summed E-state index contributed by atoms with van der Waals surface area (Å²) in [5, 5.41) is 14.1. The van der Waals surface area contributed by atoms with Crippen LogP contribution < -0.4 is 10.1 Å². The molecule has 0 aromatic heterocycles. The molecule has 5 nitrogen and oxygen atoms in total. The number of nitro benzene ring substituents is 1. The molecule has 0 aliphatic heterocycles. The summed E-state index contributed by atoms with van der Waals surface area (Å²) in [7, 11) is 1.92. The second kappa shape index (κ2) is 7.40. The largest absolute Gasteiger partial charge is 0.483 e. The van der Waals surface area contributed by atoms with Crippen molar-refractivity contribution in [3.8, 4) is 5.75 Å². The molecule has 0 saturated heterocycles. The summed E-state index contributed by atoms with van der Waals surface area (Å²) >= 11 is 0. The van der Waals surface area contributed by atoms with Crippen LogP contribution >= 0.6 is 12.4 Å². The van der Waals surface area contributed by atoms with Crippen LogP contribution in [0.1, 0.15) is 25.7 Å². The number of nitrogens with one attached hydrogen (secondary N) is 1. The molecule has 1 aromatic carbocycles. The van der Waals surface area contributed by atoms with Crippen molar-refractivity contribution in [3.05, 3.63) is 34.1 Å². The number of nitrogens with zero attached hydrogens (tertiary/aromatic N) is 1. The number of ether oxygens (including phenoxy) is 1. The minimum Gasteiger partial charge on any atom is -0.483 e. The molecule has 2 rings (SSSR count). The average Bonchev–Trinajstić information content (AvgIpc) is 2.39. The van der Waals surface area contributed by atoms with Gasteiger partial charge in [0.2, 0.25) is 0 Å². The number of benzene rings is 1. The Hall–Kier alpha value is -1.40. The van der Waals surface area contributed by atoms with E-state index in [0.29, 0.717) is 6.04 Å². The first kappa shape index (κ1) is 16.7. The molecule has 1 aliphatic rings. The third-order valence-electron chi connectivity index (χ3n) is 3.49. The highest BCUT2D eigenvalue weighted by atomic mass is 35.5. The highest BCUT2D eigenvalue weighted by molar-refractivity contribution is 5.85. The van der Waals surface area contributed by atoms with Crippen LogP contribution in [-0.2, 0) is 0 Å². The molecule has 0 spiro atoms. The predicted octanol–water partition coefficient (Wildman–Crippen LogP) is 3.07. The minimum absolute atomic E-state index is 0. The van der Waals surface area contributed by atoms with Gasteiger partial charge in [-0.15, -0.1) is 12.4 Å². The van der Waals surface area contributed by atoms with Crippen molar-refractivity contribution in [1.29, 1.82) is 0 Å². The van der Waals surface area contributed by atoms with Gasteiger partial charge >= 0.3 is 5.69 Å². The maximum atomic E-state index is 13.2. The maximum absolute atomic E-state index is 13.2. The molecular formula is C13H18ClFN2O3. The van der Waals surface area contributed by atoms with Crippen LogP contribution in [0, 0.1) is 15.9 Å². The van der Waals surface area contributed by atoms with Crippen molar-refractivity contribution < 1.29 is 14.1 Å². The topological polar surface area (TPSA) is 64.4 Å². The third kappa shape index (κ3) is 4.05. The van der Waals surface area contributed by atoms with Gasteiger partial charge in [-0.2, -0.15) is 0 Å². The maximum Gasteiger partial charge on any atom is 0.311 e. The minimum atomic E-state index is -0.548. The Labute approximate surface area is 123 Å². The molecule has 0 heterocycles. The number of hydrogen-bond donors (Lipinski definition) is 1. The Morgan fingerprint density at radius 3 is 2.55 bits per heavy atom. The number of nitro groups is 1. The number of halogens is 2. The summed E-state index contributed by atoms with van der Waals surface area (Å²) in [5.74, 6) is -0.498. The Morgan fingerprint density at radius 1 is 1.35 bits per heavy atom. The van der Waals surface area contributed by atoms with E-state index in [1.807, 2.05) is 7.05 Å². The smallest absolute Gasteiger partial charge is 0.311 e. The predicted molar refractivity (Wildman–Crippen MR) is 76.0 cm³/mol. The molecule has 1 saturated carbocycles. The summed E-state index contributed by atoms with van der Waals surface area (Å²) < 4.78 is 18.8. The van der Waals surface area contributed by atoms with Crippen molar-refractivity contribution in [2.45, 2.75) is 37.8 Å². The molecule has 7 heteroatoms. The number of rotatable bonds is 4. The van der Waals surface area contributed by atoms with Crippen molar-refractivity contribution in [1.82, 2.24) is 5.32 Å². The standard InChI is InChI=1S/C13H17FN2O3.ClH/c1-15-10-3-5-11(6-4-10)19-13-8-9(14)2-7-12(13)16(17)18;/h2,7-8,10-11,15H,3-6H2,1H3;1H/t10-,11-;. The van der Waals surface area contributed by atoms with Gasteiger partial charge in [0.1, 0.15) is 5.82 Å². The van der Waals surface area contributed by atoms with Gasteiger partial charge in [0.05, 0.1) is 11.0 Å². The lowest BCUT2D eigenvalue weighted by Gasteiger charge is -2.28. The van der Waals surface area contributed by atoms with Crippen LogP contribution in [0.2, 0.25) is 0 Å². The molecule has 0 atom stereocenters. The molecule has 1 aromatic rings. The molecule has 20 heavy (non-hydrogen) atoms. The Balaban J connectivity index is 0.00000200. The first-order valence-corrected chi connectivity index (χ1v) is 6.38. The summed E-state index contributed by atoms with van der Waals surface area (Å²) in [6, 6.07) is 3.78. The van der Waals surface area contributed by atoms with E-state index in [1.165, 1.54) is 0 Å². The average molecular weight is 305 g/mol. The Morgan fingerprint density at radius 2 is 2.00 bits per heavy atom. The van der Waals surface area contributed by atoms with Crippen molar-refractivity contribution in [2.24, 2.45) is 0 Å². The fraction of sp³-hybridized carbons (Fsp3) is 0.538. The molecule has 112 valence electrons. The van der Waals surface area contributed by atoms with Crippen molar-refractivity contribution in [2.75, 3.05) is 7.05 Å². The van der Waals surface area contributed by atoms with Crippen LogP contribution in [0.4, 0.5) is 10.1 Å². The SMILES string of the molecule is CN[C@H]1CC[C@H](Oc2cc(F)ccc2[N+](=O)[O-])CC1.Cl. The molecule has 0 unspecified atom stereocenters. The summed E-state index contributed by atoms with van der Waals surface area (Å²) in [5.41, 5.74) is -0.183. The zero-order valence-corrected chi connectivity index (χ0v) is 12.0. The van der Waals surface area contributed by atoms with E-state index in [4.69, 9.17) is 4.74 Å². The highest BCUT2D eigenvalue weighted by Gasteiger charge is 2.24. The van der Waals surface area contributed by atoms with E-state index < -0.39 is 10.7 Å². The quantitative estimate of drug-likeness (QED) is 0.686. The molecule has 0 amide bonds. The fourth-order valence-electron chi connectivity index (χ4n) is 2.38. The van der Waals surface area contributed by atoms with Crippen molar-refractivity contribution in [3.63, 3.8) is 0 Å². The van der Waals surface area contributed by atoms with Gasteiger partial charge in [-0.3, -0.25) is 10.1 Å². The van der Waals surface area contributed by atoms with E-state index in [9.17, 15) is 14.5 Å². The zero-order valence-electron chi connectivity index (χ0n) is 11.2. The van der Waals surface area contributed by atoms with Crippen LogP contribution in [0.15, 0.2) is 18.2 Å². The first-order valence-electron chi connectivity index (χ1n) is 6.38. The summed E-state index contributed by atoms with van der Waals surface area (Å²) in [6.45, 7) is 0. The van der Waals surface area contributed by atoms with E-state index >= 15 is 0 Å². The molecule has 0 radical (unpaired) electrons. The molecule has 1 aliphatic carbocycles. The van der Waals surface area contributed by atoms with Crippen LogP contribution in [0.3, 0.4) is 0 Å². The van der Waals surface area contributed by atoms with E-state index in [0.717, 1.165) is 43.9 Å². The number of hydrogen-bond acceptors (Lipinski definition) is 4. The van der Waals surface area contributed by atoms with E-state index in [2.05, 4.69) is 5.32 Å². The Bertz CT molecular complexity index is 465. The second-order valence-electron chi connectivity index (χ2n) is 4.75. The second-order valence-corrected chi connectivity index (χ2v) is 4.75. The van der Waals surface area contributed by atoms with Crippen LogP contribution in [-0.4, -0.2) is 24.1 Å². The van der Waals surface area contributed by atoms with Gasteiger partial charge < -0.3 is 10.1 Å². The fourth-order valence-corrected chi connectivity index (χ4v) is 2.38. The lowest BCUT2D eigenvalue weighted by molar-refractivity contribution is -0.386. The highest BCUT2D eigenvalue weighted by Crippen LogP contribution is 2.31. The van der Waals surface area contributed by atoms with Gasteiger partial charge in [-0.1, -0.05) is 0 Å². The van der Waals surface area contributed by atoms with Crippen LogP contribution in [0.5, 0.6) is 5.75 Å². The van der Waals surface area contributed by atoms with Crippen LogP contribution in [0.25, 0.3) is 0 Å². The molecule has 1 fully saturated rings. The zero-order chi connectivity index (χ0) is 13.8. The van der Waals surface area contributed by atoms with Gasteiger partial charge in [0, 0.05) is 18.2 Å². The first-order chi connectivity index (χ1) is 9.10. The monoisotopic (exact) mass is 304 g/mol. The van der Waals surface area contributed by atoms with Gasteiger partial charge in [-0.05, 0) is 38.8 Å². The summed E-state index contributed by atoms with van der Waals surface area (Å²) in [6.07, 6.45) is 3.48. The van der Waals surface area contributed by atoms with Gasteiger partial charge in [0.25, 0.3) is 0 Å². The van der Waals surface area contributed by atoms with Gasteiger partial charge in [0.15, 0.2) is 5.75 Å². The molecule has 1 N–H and O–H groups in total.